The molecule has 0 saturated heterocycles. The van der Waals surface area contributed by atoms with Crippen molar-refractivity contribution in [1.82, 2.24) is 5.32 Å². The average Bonchev–Trinajstić information content (AvgIpc) is 2.36. The van der Waals surface area contributed by atoms with Gasteiger partial charge >= 0.3 is 0 Å². The zero-order valence-electron chi connectivity index (χ0n) is 12.9. The first-order valence-electron chi connectivity index (χ1n) is 6.77. The van der Waals surface area contributed by atoms with Gasteiger partial charge in [-0.1, -0.05) is 31.5 Å². The molecule has 1 rings (SSSR count). The summed E-state index contributed by atoms with van der Waals surface area (Å²) in [5.41, 5.74) is 6.34. The van der Waals surface area contributed by atoms with Gasteiger partial charge in [-0.2, -0.15) is 0 Å². The molecule has 3 N–H and O–H groups in total. The van der Waals surface area contributed by atoms with Crippen LogP contribution in [0.5, 0.6) is 0 Å². The van der Waals surface area contributed by atoms with E-state index in [0.29, 0.717) is 24.1 Å². The maximum atomic E-state index is 13.1. The molecular weight excluding hydrogens is 293 g/mol. The SMILES string of the molecule is COCC(C)NC(N)=NCC(C)(C)c1ccc(F)cc1Cl. The second-order valence-electron chi connectivity index (χ2n) is 5.71. The monoisotopic (exact) mass is 315 g/mol. The number of nitrogens with one attached hydrogen (secondary N) is 1. The molecule has 1 atom stereocenters. The number of nitrogens with two attached hydrogens (primary N) is 1. The van der Waals surface area contributed by atoms with E-state index in [9.17, 15) is 4.39 Å². The normalized spacial score (nSPS) is 14.1. The fraction of sp³-hybridized carbons (Fsp3) is 0.533. The van der Waals surface area contributed by atoms with Gasteiger partial charge in [0.05, 0.1) is 13.2 Å². The Labute approximate surface area is 130 Å². The summed E-state index contributed by atoms with van der Waals surface area (Å²) in [5.74, 6) is 0.00322. The molecule has 0 radical (unpaired) electrons. The van der Waals surface area contributed by atoms with Crippen molar-refractivity contribution in [2.75, 3.05) is 20.3 Å². The molecule has 1 unspecified atom stereocenters. The number of halogens is 2. The Bertz CT molecular complexity index is 506. The van der Waals surface area contributed by atoms with Gasteiger partial charge in [0.1, 0.15) is 5.82 Å². The van der Waals surface area contributed by atoms with Crippen molar-refractivity contribution < 1.29 is 9.13 Å². The Balaban J connectivity index is 2.75. The van der Waals surface area contributed by atoms with E-state index in [0.717, 1.165) is 5.56 Å². The van der Waals surface area contributed by atoms with Crippen molar-refractivity contribution in [3.8, 4) is 0 Å². The second kappa shape index (κ2) is 7.61. The van der Waals surface area contributed by atoms with Gasteiger partial charge in [0.2, 0.25) is 0 Å². The van der Waals surface area contributed by atoms with Gasteiger partial charge < -0.3 is 15.8 Å². The molecule has 21 heavy (non-hydrogen) atoms. The minimum Gasteiger partial charge on any atom is -0.383 e. The Morgan fingerprint density at radius 1 is 1.52 bits per heavy atom. The van der Waals surface area contributed by atoms with Crippen LogP contribution in [-0.2, 0) is 10.2 Å². The Kier molecular flexibility index (Phi) is 6.42. The Morgan fingerprint density at radius 3 is 2.76 bits per heavy atom. The molecule has 6 heteroatoms. The van der Waals surface area contributed by atoms with E-state index < -0.39 is 0 Å². The summed E-state index contributed by atoms with van der Waals surface area (Å²) in [6, 6.07) is 4.47. The minimum atomic E-state index is -0.349. The second-order valence-corrected chi connectivity index (χ2v) is 6.12. The molecule has 0 heterocycles. The fourth-order valence-electron chi connectivity index (χ4n) is 2.00. The van der Waals surface area contributed by atoms with Crippen LogP contribution in [0, 0.1) is 5.82 Å². The minimum absolute atomic E-state index is 0.0799. The van der Waals surface area contributed by atoms with E-state index in [-0.39, 0.29) is 17.3 Å². The quantitative estimate of drug-likeness (QED) is 0.627. The average molecular weight is 316 g/mol. The van der Waals surface area contributed by atoms with Gasteiger partial charge in [-0.25, -0.2) is 4.39 Å². The first kappa shape index (κ1) is 17.7. The summed E-state index contributed by atoms with van der Waals surface area (Å²) >= 11 is 6.10. The van der Waals surface area contributed by atoms with Crippen molar-refractivity contribution in [2.24, 2.45) is 10.7 Å². The van der Waals surface area contributed by atoms with Gasteiger partial charge in [0, 0.05) is 23.6 Å². The van der Waals surface area contributed by atoms with Crippen molar-refractivity contribution in [3.63, 3.8) is 0 Å². The lowest BCUT2D eigenvalue weighted by molar-refractivity contribution is 0.179. The lowest BCUT2D eigenvalue weighted by Gasteiger charge is -2.25. The smallest absolute Gasteiger partial charge is 0.188 e. The summed E-state index contributed by atoms with van der Waals surface area (Å²) in [5, 5.41) is 3.44. The topological polar surface area (TPSA) is 59.6 Å². The Hall–Kier alpha value is -1.33. The number of ether oxygens (including phenoxy) is 1. The molecule has 0 amide bonds. The van der Waals surface area contributed by atoms with Gasteiger partial charge in [0.15, 0.2) is 5.96 Å². The van der Waals surface area contributed by atoms with Crippen molar-refractivity contribution in [2.45, 2.75) is 32.2 Å². The van der Waals surface area contributed by atoms with E-state index >= 15 is 0 Å². The van der Waals surface area contributed by atoms with Crippen LogP contribution in [0.2, 0.25) is 5.02 Å². The number of methoxy groups -OCH3 is 1. The third-order valence-electron chi connectivity index (χ3n) is 3.12. The van der Waals surface area contributed by atoms with Gasteiger partial charge in [-0.15, -0.1) is 0 Å². The number of benzene rings is 1. The molecule has 0 aliphatic rings. The highest BCUT2D eigenvalue weighted by atomic mass is 35.5. The third kappa shape index (κ3) is 5.52. The number of guanidine groups is 1. The highest BCUT2D eigenvalue weighted by Gasteiger charge is 2.23. The highest BCUT2D eigenvalue weighted by Crippen LogP contribution is 2.30. The Morgan fingerprint density at radius 2 is 2.19 bits per heavy atom. The zero-order chi connectivity index (χ0) is 16.0. The van der Waals surface area contributed by atoms with Crippen LogP contribution in [0.4, 0.5) is 4.39 Å². The number of hydrogen-bond acceptors (Lipinski definition) is 2. The van der Waals surface area contributed by atoms with Crippen molar-refractivity contribution in [1.29, 1.82) is 0 Å². The van der Waals surface area contributed by atoms with Gasteiger partial charge in [-0.3, -0.25) is 4.99 Å². The molecular formula is C15H23ClFN3O. The fourth-order valence-corrected chi connectivity index (χ4v) is 2.42. The number of hydrogen-bond donors (Lipinski definition) is 2. The predicted molar refractivity (Wildman–Crippen MR) is 85.4 cm³/mol. The maximum absolute atomic E-state index is 13.1. The van der Waals surface area contributed by atoms with Crippen molar-refractivity contribution >= 4 is 17.6 Å². The lowest BCUT2D eigenvalue weighted by atomic mass is 9.84. The summed E-state index contributed by atoms with van der Waals surface area (Å²) in [4.78, 5) is 4.33. The van der Waals surface area contributed by atoms with E-state index in [1.165, 1.54) is 12.1 Å². The summed E-state index contributed by atoms with van der Waals surface area (Å²) in [6.45, 7) is 6.91. The molecule has 1 aromatic rings. The van der Waals surface area contributed by atoms with Crippen LogP contribution in [0.15, 0.2) is 23.2 Å². The molecule has 0 aliphatic carbocycles. The lowest BCUT2D eigenvalue weighted by Crippen LogP contribution is -2.41. The first-order valence-corrected chi connectivity index (χ1v) is 7.15. The van der Waals surface area contributed by atoms with Crippen LogP contribution >= 0.6 is 11.6 Å². The van der Waals surface area contributed by atoms with Crippen LogP contribution in [-0.4, -0.2) is 32.3 Å². The molecule has 118 valence electrons. The van der Waals surface area contributed by atoms with Crippen LogP contribution in [0.25, 0.3) is 0 Å². The highest BCUT2D eigenvalue weighted by molar-refractivity contribution is 6.31. The van der Waals surface area contributed by atoms with Crippen LogP contribution < -0.4 is 11.1 Å². The van der Waals surface area contributed by atoms with Gasteiger partial charge in [-0.05, 0) is 24.6 Å². The molecule has 1 aromatic carbocycles. The summed E-state index contributed by atoms with van der Waals surface area (Å²) < 4.78 is 18.1. The maximum Gasteiger partial charge on any atom is 0.188 e. The largest absolute Gasteiger partial charge is 0.383 e. The van der Waals surface area contributed by atoms with Gasteiger partial charge in [0.25, 0.3) is 0 Å². The van der Waals surface area contributed by atoms with E-state index in [1.807, 2.05) is 20.8 Å². The number of nitrogens with zero attached hydrogens (tertiary/aromatic N) is 1. The third-order valence-corrected chi connectivity index (χ3v) is 3.43. The molecule has 0 spiro atoms. The molecule has 0 aromatic heterocycles. The molecule has 0 fully saturated rings. The van der Waals surface area contributed by atoms with Crippen LogP contribution in [0.1, 0.15) is 26.3 Å². The molecule has 0 bridgehead atoms. The number of aliphatic imine (C=N–C) groups is 1. The van der Waals surface area contributed by atoms with E-state index in [1.54, 1.807) is 13.2 Å². The van der Waals surface area contributed by atoms with Crippen molar-refractivity contribution in [3.05, 3.63) is 34.6 Å². The molecule has 0 saturated carbocycles. The van der Waals surface area contributed by atoms with E-state index in [2.05, 4.69) is 10.3 Å². The standard InChI is InChI=1S/C15H23ClFN3O/c1-10(8-21-4)20-14(18)19-9-15(2,3)12-6-5-11(17)7-13(12)16/h5-7,10H,8-9H2,1-4H3,(H3,18,19,20). The zero-order valence-corrected chi connectivity index (χ0v) is 13.7. The first-order chi connectivity index (χ1) is 9.76. The predicted octanol–water partition coefficient (Wildman–Crippen LogP) is 2.70. The number of rotatable bonds is 6. The van der Waals surface area contributed by atoms with E-state index in [4.69, 9.17) is 22.1 Å². The molecule has 4 nitrogen and oxygen atoms in total. The van der Waals surface area contributed by atoms with Crippen LogP contribution in [0.3, 0.4) is 0 Å². The molecule has 0 aliphatic heterocycles. The summed E-state index contributed by atoms with van der Waals surface area (Å²) in [6.07, 6.45) is 0. The summed E-state index contributed by atoms with van der Waals surface area (Å²) in [7, 11) is 1.63.